The molecule has 0 aliphatic heterocycles. The number of hydrogen-bond donors (Lipinski definition) is 2. The monoisotopic (exact) mass is 462 g/mol. The molecular formula is C27H30N2O5. The van der Waals surface area contributed by atoms with Crippen LogP contribution < -0.4 is 24.8 Å². The van der Waals surface area contributed by atoms with Gasteiger partial charge in [-0.1, -0.05) is 38.1 Å². The molecule has 0 fully saturated rings. The maximum absolute atomic E-state index is 13.1. The maximum Gasteiger partial charge on any atom is 0.259 e. The van der Waals surface area contributed by atoms with Crippen molar-refractivity contribution >= 4 is 23.2 Å². The summed E-state index contributed by atoms with van der Waals surface area (Å²) in [6.07, 6.45) is 1.70. The number of rotatable bonds is 11. The van der Waals surface area contributed by atoms with Gasteiger partial charge in [-0.05, 0) is 55.3 Å². The van der Waals surface area contributed by atoms with E-state index in [1.54, 1.807) is 36.4 Å². The third kappa shape index (κ3) is 6.28. The number of carbonyl (C=O) groups excluding carboxylic acids is 2. The van der Waals surface area contributed by atoms with Gasteiger partial charge in [0.15, 0.2) is 0 Å². The summed E-state index contributed by atoms with van der Waals surface area (Å²) in [4.78, 5) is 26.1. The largest absolute Gasteiger partial charge is 0.496 e. The number of methoxy groups -OCH3 is 1. The van der Waals surface area contributed by atoms with Gasteiger partial charge < -0.3 is 24.8 Å². The van der Waals surface area contributed by atoms with Crippen LogP contribution in [-0.2, 0) is 0 Å². The van der Waals surface area contributed by atoms with Crippen molar-refractivity contribution in [3.8, 4) is 17.2 Å². The highest BCUT2D eigenvalue weighted by Gasteiger charge is 2.18. The number of amides is 2. The molecule has 0 aliphatic carbocycles. The van der Waals surface area contributed by atoms with E-state index in [0.29, 0.717) is 47.4 Å². The minimum absolute atomic E-state index is 0.232. The molecule has 0 saturated heterocycles. The highest BCUT2D eigenvalue weighted by Crippen LogP contribution is 2.28. The van der Waals surface area contributed by atoms with Gasteiger partial charge in [-0.2, -0.15) is 0 Å². The Morgan fingerprint density at radius 1 is 0.706 bits per heavy atom. The van der Waals surface area contributed by atoms with Crippen molar-refractivity contribution in [1.29, 1.82) is 0 Å². The van der Waals surface area contributed by atoms with Crippen molar-refractivity contribution in [2.24, 2.45) is 0 Å². The van der Waals surface area contributed by atoms with Gasteiger partial charge in [0, 0.05) is 5.56 Å². The topological polar surface area (TPSA) is 85.9 Å². The first kappa shape index (κ1) is 24.6. The third-order valence-corrected chi connectivity index (χ3v) is 4.90. The van der Waals surface area contributed by atoms with E-state index >= 15 is 0 Å². The summed E-state index contributed by atoms with van der Waals surface area (Å²) in [6.45, 7) is 5.11. The van der Waals surface area contributed by atoms with Crippen LogP contribution in [0.5, 0.6) is 17.2 Å². The molecule has 0 aliphatic rings. The Morgan fingerprint density at radius 2 is 1.24 bits per heavy atom. The lowest BCUT2D eigenvalue weighted by molar-refractivity contribution is 0.102. The molecule has 3 aromatic carbocycles. The smallest absolute Gasteiger partial charge is 0.259 e. The number of nitrogens with one attached hydrogen (secondary N) is 2. The highest BCUT2D eigenvalue weighted by molar-refractivity contribution is 6.10. The molecule has 0 bridgehead atoms. The van der Waals surface area contributed by atoms with Gasteiger partial charge in [0.05, 0.1) is 37.3 Å². The van der Waals surface area contributed by atoms with E-state index in [1.165, 1.54) is 13.2 Å². The van der Waals surface area contributed by atoms with Gasteiger partial charge in [0.1, 0.15) is 17.2 Å². The predicted molar refractivity (Wildman–Crippen MR) is 133 cm³/mol. The molecule has 0 aromatic heterocycles. The Bertz CT molecular complexity index is 1130. The Balaban J connectivity index is 1.83. The van der Waals surface area contributed by atoms with Crippen LogP contribution >= 0.6 is 0 Å². The second-order valence-corrected chi connectivity index (χ2v) is 7.51. The Hall–Kier alpha value is -4.00. The second kappa shape index (κ2) is 12.3. The van der Waals surface area contributed by atoms with Gasteiger partial charge in [-0.15, -0.1) is 0 Å². The molecule has 7 nitrogen and oxygen atoms in total. The van der Waals surface area contributed by atoms with Crippen LogP contribution in [-0.4, -0.2) is 32.1 Å². The fraction of sp³-hybridized carbons (Fsp3) is 0.259. The quantitative estimate of drug-likeness (QED) is 0.377. The Kier molecular flexibility index (Phi) is 8.91. The molecule has 0 radical (unpaired) electrons. The molecule has 0 atom stereocenters. The van der Waals surface area contributed by atoms with Crippen LogP contribution in [0.2, 0.25) is 0 Å². The van der Waals surface area contributed by atoms with E-state index in [2.05, 4.69) is 10.6 Å². The van der Waals surface area contributed by atoms with Crippen LogP contribution in [0.25, 0.3) is 0 Å². The van der Waals surface area contributed by atoms with E-state index in [4.69, 9.17) is 14.2 Å². The van der Waals surface area contributed by atoms with Crippen molar-refractivity contribution < 1.29 is 23.8 Å². The lowest BCUT2D eigenvalue weighted by Gasteiger charge is -2.15. The minimum atomic E-state index is -0.411. The van der Waals surface area contributed by atoms with Gasteiger partial charge in [-0.3, -0.25) is 9.59 Å². The van der Waals surface area contributed by atoms with Crippen LogP contribution in [0, 0.1) is 0 Å². The van der Waals surface area contributed by atoms with Crippen LogP contribution in [0.1, 0.15) is 47.4 Å². The van der Waals surface area contributed by atoms with Crippen molar-refractivity contribution in [2.45, 2.75) is 26.7 Å². The number of carbonyl (C=O) groups is 2. The summed E-state index contributed by atoms with van der Waals surface area (Å²) in [6, 6.07) is 19.2. The van der Waals surface area contributed by atoms with Crippen molar-refractivity contribution in [2.75, 3.05) is 31.0 Å². The molecule has 7 heteroatoms. The molecule has 0 unspecified atom stereocenters. The molecule has 34 heavy (non-hydrogen) atoms. The van der Waals surface area contributed by atoms with Gasteiger partial charge in [0.2, 0.25) is 0 Å². The van der Waals surface area contributed by atoms with Crippen LogP contribution in [0.4, 0.5) is 11.4 Å². The fourth-order valence-corrected chi connectivity index (χ4v) is 3.23. The van der Waals surface area contributed by atoms with Crippen LogP contribution in [0.15, 0.2) is 66.7 Å². The van der Waals surface area contributed by atoms with Crippen LogP contribution in [0.3, 0.4) is 0 Å². The number of ether oxygens (including phenoxy) is 3. The summed E-state index contributed by atoms with van der Waals surface area (Å²) >= 11 is 0. The summed E-state index contributed by atoms with van der Waals surface area (Å²) in [5, 5.41) is 5.73. The zero-order valence-electron chi connectivity index (χ0n) is 19.7. The minimum Gasteiger partial charge on any atom is -0.496 e. The lowest BCUT2D eigenvalue weighted by Crippen LogP contribution is -2.17. The first-order valence-corrected chi connectivity index (χ1v) is 11.3. The standard InChI is InChI=1S/C27H30N2O5/c1-4-16-33-24-12-8-6-10-21(24)28-26(30)19-14-15-23(32-3)20(18-19)27(31)29-22-11-7-9-13-25(22)34-17-5-2/h6-15,18H,4-5,16-17H2,1-3H3,(H,28,30)(H,29,31). The summed E-state index contributed by atoms with van der Waals surface area (Å²) in [7, 11) is 1.48. The fourth-order valence-electron chi connectivity index (χ4n) is 3.23. The van der Waals surface area contributed by atoms with Gasteiger partial charge >= 0.3 is 0 Å². The van der Waals surface area contributed by atoms with E-state index in [9.17, 15) is 9.59 Å². The lowest BCUT2D eigenvalue weighted by atomic mass is 10.1. The average molecular weight is 463 g/mol. The average Bonchev–Trinajstić information content (AvgIpc) is 2.87. The number of benzene rings is 3. The molecule has 3 aromatic rings. The van der Waals surface area contributed by atoms with E-state index < -0.39 is 5.91 Å². The Labute approximate surface area is 200 Å². The molecule has 0 spiro atoms. The second-order valence-electron chi connectivity index (χ2n) is 7.51. The SMILES string of the molecule is CCCOc1ccccc1NC(=O)c1ccc(OC)c(C(=O)Nc2ccccc2OCCC)c1. The molecule has 3 rings (SSSR count). The van der Waals surface area contributed by atoms with E-state index in [0.717, 1.165) is 12.8 Å². The van der Waals surface area contributed by atoms with Gasteiger partial charge in [-0.25, -0.2) is 0 Å². The molecular weight excluding hydrogens is 432 g/mol. The summed E-state index contributed by atoms with van der Waals surface area (Å²) < 4.78 is 16.8. The van der Waals surface area contributed by atoms with Gasteiger partial charge in [0.25, 0.3) is 11.8 Å². The zero-order valence-corrected chi connectivity index (χ0v) is 19.7. The molecule has 2 amide bonds. The molecule has 178 valence electrons. The maximum atomic E-state index is 13.1. The van der Waals surface area contributed by atoms with Crippen molar-refractivity contribution in [3.63, 3.8) is 0 Å². The molecule has 2 N–H and O–H groups in total. The number of para-hydroxylation sites is 4. The highest BCUT2D eigenvalue weighted by atomic mass is 16.5. The molecule has 0 saturated carbocycles. The normalized spacial score (nSPS) is 10.3. The summed E-state index contributed by atoms with van der Waals surface area (Å²) in [5.74, 6) is 0.747. The number of anilines is 2. The number of hydrogen-bond acceptors (Lipinski definition) is 5. The first-order chi connectivity index (χ1) is 16.6. The molecule has 0 heterocycles. The zero-order chi connectivity index (χ0) is 24.3. The predicted octanol–water partition coefficient (Wildman–Crippen LogP) is 5.78. The van der Waals surface area contributed by atoms with E-state index in [1.807, 2.05) is 38.1 Å². The summed E-state index contributed by atoms with van der Waals surface area (Å²) in [5.41, 5.74) is 1.65. The van der Waals surface area contributed by atoms with Crippen molar-refractivity contribution in [3.05, 3.63) is 77.9 Å². The third-order valence-electron chi connectivity index (χ3n) is 4.90. The first-order valence-electron chi connectivity index (χ1n) is 11.3. The van der Waals surface area contributed by atoms with E-state index in [-0.39, 0.29) is 11.5 Å². The Morgan fingerprint density at radius 3 is 1.76 bits per heavy atom. The van der Waals surface area contributed by atoms with Crippen molar-refractivity contribution in [1.82, 2.24) is 0 Å².